The highest BCUT2D eigenvalue weighted by atomic mass is 32.1. The number of ether oxygens (including phenoxy) is 1. The van der Waals surface area contributed by atoms with Crippen LogP contribution < -0.4 is 5.32 Å². The molecular formula is C13H27NOS. The largest absolute Gasteiger partial charge is 0.381 e. The van der Waals surface area contributed by atoms with Crippen molar-refractivity contribution in [3.63, 3.8) is 0 Å². The van der Waals surface area contributed by atoms with E-state index in [1.807, 2.05) is 7.11 Å². The third-order valence-electron chi connectivity index (χ3n) is 3.63. The highest BCUT2D eigenvalue weighted by molar-refractivity contribution is 7.80. The fraction of sp³-hybridized carbons (Fsp3) is 1.00. The summed E-state index contributed by atoms with van der Waals surface area (Å²) >= 11 is 4.17. The van der Waals surface area contributed by atoms with Gasteiger partial charge in [-0.15, -0.1) is 0 Å². The Morgan fingerprint density at radius 2 is 1.88 bits per heavy atom. The van der Waals surface area contributed by atoms with E-state index in [0.717, 1.165) is 24.8 Å². The molecule has 0 amide bonds. The number of unbranched alkanes of at least 4 members (excludes halogenated alkanes) is 1. The first-order valence-electron chi connectivity index (χ1n) is 6.71. The fourth-order valence-corrected chi connectivity index (χ4v) is 2.70. The molecule has 0 unspecified atom stereocenters. The van der Waals surface area contributed by atoms with Crippen molar-refractivity contribution in [2.75, 3.05) is 26.0 Å². The normalized spacial score (nSPS) is 25.9. The summed E-state index contributed by atoms with van der Waals surface area (Å²) in [5, 5.41) is 3.39. The van der Waals surface area contributed by atoms with E-state index in [-0.39, 0.29) is 0 Å². The van der Waals surface area contributed by atoms with Crippen molar-refractivity contribution in [3.8, 4) is 0 Å². The van der Waals surface area contributed by atoms with E-state index in [1.165, 1.54) is 44.9 Å². The summed E-state index contributed by atoms with van der Waals surface area (Å²) < 4.78 is 5.39. The monoisotopic (exact) mass is 245 g/mol. The standard InChI is InChI=1S/C13H27NOS/c1-15-13-7-5-12(6-8-13)4-2-3-9-14-10-11-16/h12-14,16H,2-11H2,1H3. The summed E-state index contributed by atoms with van der Waals surface area (Å²) in [5.41, 5.74) is 0. The molecule has 0 aromatic carbocycles. The maximum atomic E-state index is 5.39. The van der Waals surface area contributed by atoms with Crippen molar-refractivity contribution in [3.05, 3.63) is 0 Å². The van der Waals surface area contributed by atoms with Crippen LogP contribution in [0.3, 0.4) is 0 Å². The maximum Gasteiger partial charge on any atom is 0.0571 e. The highest BCUT2D eigenvalue weighted by Gasteiger charge is 2.19. The van der Waals surface area contributed by atoms with Gasteiger partial charge in [-0.3, -0.25) is 0 Å². The first kappa shape index (κ1) is 14.3. The van der Waals surface area contributed by atoms with Crippen molar-refractivity contribution in [2.45, 2.75) is 51.0 Å². The van der Waals surface area contributed by atoms with Gasteiger partial charge in [0.1, 0.15) is 0 Å². The van der Waals surface area contributed by atoms with Gasteiger partial charge < -0.3 is 10.1 Å². The first-order valence-corrected chi connectivity index (χ1v) is 7.34. The average Bonchev–Trinajstić information content (AvgIpc) is 2.34. The quantitative estimate of drug-likeness (QED) is 0.507. The molecule has 0 spiro atoms. The number of nitrogens with one attached hydrogen (secondary N) is 1. The fourth-order valence-electron chi connectivity index (χ4n) is 2.54. The number of hydrogen-bond donors (Lipinski definition) is 2. The molecule has 16 heavy (non-hydrogen) atoms. The Kier molecular flexibility index (Phi) is 8.34. The lowest BCUT2D eigenvalue weighted by atomic mass is 9.84. The van der Waals surface area contributed by atoms with Gasteiger partial charge in [0.2, 0.25) is 0 Å². The van der Waals surface area contributed by atoms with Gasteiger partial charge in [0, 0.05) is 19.4 Å². The Hall–Kier alpha value is 0.270. The molecule has 0 aromatic heterocycles. The van der Waals surface area contributed by atoms with Crippen LogP contribution in [-0.2, 0) is 4.74 Å². The zero-order valence-electron chi connectivity index (χ0n) is 10.6. The van der Waals surface area contributed by atoms with Gasteiger partial charge in [-0.1, -0.05) is 12.8 Å². The summed E-state index contributed by atoms with van der Waals surface area (Å²) in [4.78, 5) is 0. The van der Waals surface area contributed by atoms with Gasteiger partial charge in [0.05, 0.1) is 6.10 Å². The van der Waals surface area contributed by atoms with Gasteiger partial charge >= 0.3 is 0 Å². The van der Waals surface area contributed by atoms with Crippen LogP contribution in [0.5, 0.6) is 0 Å². The molecule has 0 atom stereocenters. The van der Waals surface area contributed by atoms with Crippen LogP contribution in [0.2, 0.25) is 0 Å². The summed E-state index contributed by atoms with van der Waals surface area (Å²) in [6.45, 7) is 2.20. The molecule has 1 aliphatic carbocycles. The molecule has 1 rings (SSSR count). The summed E-state index contributed by atoms with van der Waals surface area (Å²) in [7, 11) is 1.85. The minimum atomic E-state index is 0.549. The van der Waals surface area contributed by atoms with Crippen molar-refractivity contribution < 1.29 is 4.74 Å². The lowest BCUT2D eigenvalue weighted by Crippen LogP contribution is -2.21. The van der Waals surface area contributed by atoms with Crippen LogP contribution in [0, 0.1) is 5.92 Å². The number of thiol groups is 1. The minimum Gasteiger partial charge on any atom is -0.381 e. The molecule has 3 heteroatoms. The SMILES string of the molecule is COC1CCC(CCCCNCCS)CC1. The van der Waals surface area contributed by atoms with Crippen LogP contribution in [0.25, 0.3) is 0 Å². The molecular weight excluding hydrogens is 218 g/mol. The van der Waals surface area contributed by atoms with Crippen molar-refractivity contribution in [2.24, 2.45) is 5.92 Å². The molecule has 0 saturated heterocycles. The highest BCUT2D eigenvalue weighted by Crippen LogP contribution is 2.29. The molecule has 96 valence electrons. The predicted molar refractivity (Wildman–Crippen MR) is 73.3 cm³/mol. The summed E-state index contributed by atoms with van der Waals surface area (Å²) in [6, 6.07) is 0. The van der Waals surface area contributed by atoms with Crippen LogP contribution in [-0.4, -0.2) is 32.1 Å². The summed E-state index contributed by atoms with van der Waals surface area (Å²) in [5.74, 6) is 1.91. The van der Waals surface area contributed by atoms with Crippen molar-refractivity contribution in [1.29, 1.82) is 0 Å². The third kappa shape index (κ3) is 6.12. The van der Waals surface area contributed by atoms with Gasteiger partial charge in [-0.2, -0.15) is 12.6 Å². The Labute approximate surface area is 106 Å². The van der Waals surface area contributed by atoms with Crippen molar-refractivity contribution in [1.82, 2.24) is 5.32 Å². The average molecular weight is 245 g/mol. The van der Waals surface area contributed by atoms with E-state index in [1.54, 1.807) is 0 Å². The lowest BCUT2D eigenvalue weighted by molar-refractivity contribution is 0.0552. The molecule has 0 aliphatic heterocycles. The number of hydrogen-bond acceptors (Lipinski definition) is 3. The van der Waals surface area contributed by atoms with Crippen LogP contribution in [0.1, 0.15) is 44.9 Å². The molecule has 1 N–H and O–H groups in total. The zero-order chi connectivity index (χ0) is 11.6. The van der Waals surface area contributed by atoms with E-state index in [2.05, 4.69) is 17.9 Å². The van der Waals surface area contributed by atoms with Crippen LogP contribution in [0.15, 0.2) is 0 Å². The molecule has 1 saturated carbocycles. The second kappa shape index (κ2) is 9.32. The molecule has 1 aliphatic rings. The Bertz CT molecular complexity index is 158. The Morgan fingerprint density at radius 3 is 2.50 bits per heavy atom. The second-order valence-corrected chi connectivity index (χ2v) is 5.30. The van der Waals surface area contributed by atoms with E-state index in [0.29, 0.717) is 6.10 Å². The van der Waals surface area contributed by atoms with Crippen molar-refractivity contribution >= 4 is 12.6 Å². The minimum absolute atomic E-state index is 0.549. The molecule has 0 radical (unpaired) electrons. The van der Waals surface area contributed by atoms with E-state index in [9.17, 15) is 0 Å². The number of methoxy groups -OCH3 is 1. The Morgan fingerprint density at radius 1 is 1.12 bits per heavy atom. The second-order valence-electron chi connectivity index (χ2n) is 4.85. The Balaban J connectivity index is 1.90. The van der Waals surface area contributed by atoms with Gasteiger partial charge in [0.25, 0.3) is 0 Å². The number of rotatable bonds is 8. The first-order chi connectivity index (χ1) is 7.86. The van der Waals surface area contributed by atoms with E-state index >= 15 is 0 Å². The molecule has 2 nitrogen and oxygen atoms in total. The molecule has 0 aromatic rings. The predicted octanol–water partition coefficient (Wildman–Crippen LogP) is 2.88. The van der Waals surface area contributed by atoms with Gasteiger partial charge in [-0.05, 0) is 44.6 Å². The van der Waals surface area contributed by atoms with Crippen LogP contribution >= 0.6 is 12.6 Å². The summed E-state index contributed by atoms with van der Waals surface area (Å²) in [6.07, 6.45) is 9.97. The smallest absolute Gasteiger partial charge is 0.0571 e. The van der Waals surface area contributed by atoms with E-state index in [4.69, 9.17) is 4.74 Å². The van der Waals surface area contributed by atoms with E-state index < -0.39 is 0 Å². The maximum absolute atomic E-state index is 5.39. The van der Waals surface area contributed by atoms with Crippen LogP contribution in [0.4, 0.5) is 0 Å². The molecule has 0 bridgehead atoms. The molecule has 1 fully saturated rings. The topological polar surface area (TPSA) is 21.3 Å². The van der Waals surface area contributed by atoms with Gasteiger partial charge in [0.15, 0.2) is 0 Å². The molecule has 0 heterocycles. The van der Waals surface area contributed by atoms with Gasteiger partial charge in [-0.25, -0.2) is 0 Å². The zero-order valence-corrected chi connectivity index (χ0v) is 11.5. The lowest BCUT2D eigenvalue weighted by Gasteiger charge is -2.27. The third-order valence-corrected chi connectivity index (χ3v) is 3.86.